The van der Waals surface area contributed by atoms with Crippen LogP contribution < -0.4 is 10.1 Å². The van der Waals surface area contributed by atoms with Crippen molar-refractivity contribution in [3.63, 3.8) is 0 Å². The Hall–Kier alpha value is -0.840. The summed E-state index contributed by atoms with van der Waals surface area (Å²) in [6.45, 7) is 3.19. The molecule has 1 unspecified atom stereocenters. The third kappa shape index (κ3) is 3.81. The predicted octanol–water partition coefficient (Wildman–Crippen LogP) is 4.61. The Bertz CT molecular complexity index is 509. The Morgan fingerprint density at radius 3 is 2.53 bits per heavy atom. The first kappa shape index (κ1) is 14.6. The number of methoxy groups -OCH3 is 1. The second kappa shape index (κ2) is 7.08. The molecule has 0 bridgehead atoms. The van der Waals surface area contributed by atoms with E-state index in [0.717, 1.165) is 18.7 Å². The van der Waals surface area contributed by atoms with E-state index in [1.807, 2.05) is 12.1 Å². The van der Waals surface area contributed by atoms with E-state index in [-0.39, 0.29) is 6.04 Å². The van der Waals surface area contributed by atoms with Crippen molar-refractivity contribution < 1.29 is 4.74 Å². The molecule has 1 aromatic carbocycles. The maximum atomic E-state index is 5.21. The van der Waals surface area contributed by atoms with Crippen molar-refractivity contribution in [1.29, 1.82) is 0 Å². The van der Waals surface area contributed by atoms with Crippen molar-refractivity contribution in [2.45, 2.75) is 19.4 Å². The quantitative estimate of drug-likeness (QED) is 0.829. The van der Waals surface area contributed by atoms with E-state index in [1.54, 1.807) is 18.4 Å². The van der Waals surface area contributed by atoms with E-state index in [9.17, 15) is 0 Å². The van der Waals surface area contributed by atoms with Gasteiger partial charge in [-0.3, -0.25) is 0 Å². The van der Waals surface area contributed by atoms with Gasteiger partial charge in [0, 0.05) is 0 Å². The molecule has 4 heteroatoms. The van der Waals surface area contributed by atoms with Crippen LogP contribution in [0, 0.1) is 0 Å². The molecule has 1 atom stereocenters. The van der Waals surface area contributed by atoms with Crippen LogP contribution in [0.3, 0.4) is 0 Å². The molecule has 0 saturated heterocycles. The van der Waals surface area contributed by atoms with Gasteiger partial charge in [0.05, 0.1) is 16.9 Å². The van der Waals surface area contributed by atoms with Crippen LogP contribution in [0.5, 0.6) is 5.75 Å². The molecule has 2 aromatic rings. The molecule has 0 aliphatic heterocycles. The van der Waals surface area contributed by atoms with E-state index in [0.29, 0.717) is 0 Å². The first-order valence-corrected chi connectivity index (χ1v) is 8.03. The molecular weight excluding hydrogens is 322 g/mol. The minimum Gasteiger partial charge on any atom is -0.497 e. The maximum absolute atomic E-state index is 5.21. The van der Waals surface area contributed by atoms with Gasteiger partial charge in [0.2, 0.25) is 0 Å². The molecule has 2 nitrogen and oxygen atoms in total. The van der Waals surface area contributed by atoms with Crippen molar-refractivity contribution in [3.05, 3.63) is 50.6 Å². The van der Waals surface area contributed by atoms with E-state index >= 15 is 0 Å². The van der Waals surface area contributed by atoms with E-state index in [4.69, 9.17) is 4.74 Å². The smallest absolute Gasteiger partial charge is 0.118 e. The van der Waals surface area contributed by atoms with Gasteiger partial charge in [0.1, 0.15) is 5.75 Å². The van der Waals surface area contributed by atoms with Crippen molar-refractivity contribution in [1.82, 2.24) is 5.32 Å². The summed E-state index contributed by atoms with van der Waals surface area (Å²) >= 11 is 5.26. The molecule has 0 fully saturated rings. The molecule has 102 valence electrons. The highest BCUT2D eigenvalue weighted by atomic mass is 79.9. The van der Waals surface area contributed by atoms with Crippen LogP contribution in [0.1, 0.15) is 30.5 Å². The van der Waals surface area contributed by atoms with Gasteiger partial charge < -0.3 is 10.1 Å². The fourth-order valence-corrected chi connectivity index (χ4v) is 3.19. The maximum Gasteiger partial charge on any atom is 0.118 e. The molecule has 1 N–H and O–H groups in total. The van der Waals surface area contributed by atoms with E-state index < -0.39 is 0 Å². The largest absolute Gasteiger partial charge is 0.497 e. The van der Waals surface area contributed by atoms with E-state index in [1.165, 1.54) is 14.9 Å². The van der Waals surface area contributed by atoms with Crippen molar-refractivity contribution in [2.24, 2.45) is 0 Å². The molecule has 0 aliphatic rings. The minimum absolute atomic E-state index is 0.244. The summed E-state index contributed by atoms with van der Waals surface area (Å²) in [4.78, 5) is 0. The predicted molar refractivity (Wildman–Crippen MR) is 85.1 cm³/mol. The Morgan fingerprint density at radius 2 is 2.00 bits per heavy atom. The molecule has 0 radical (unpaired) electrons. The summed E-state index contributed by atoms with van der Waals surface area (Å²) in [6.07, 6.45) is 1.12. The lowest BCUT2D eigenvalue weighted by Crippen LogP contribution is -2.22. The van der Waals surface area contributed by atoms with Crippen LogP contribution in [-0.4, -0.2) is 13.7 Å². The Morgan fingerprint density at radius 1 is 1.26 bits per heavy atom. The first-order chi connectivity index (χ1) is 9.24. The average Bonchev–Trinajstić information content (AvgIpc) is 2.86. The van der Waals surface area contributed by atoms with Crippen LogP contribution in [0.25, 0.3) is 0 Å². The van der Waals surface area contributed by atoms with Gasteiger partial charge in [-0.1, -0.05) is 19.1 Å². The molecule has 1 heterocycles. The van der Waals surface area contributed by atoms with Gasteiger partial charge in [-0.15, -0.1) is 11.3 Å². The van der Waals surface area contributed by atoms with Gasteiger partial charge in [-0.2, -0.15) is 0 Å². The van der Waals surface area contributed by atoms with Gasteiger partial charge in [-0.05, 0) is 63.6 Å². The Balaban J connectivity index is 2.25. The second-order valence-corrected chi connectivity index (χ2v) is 6.63. The monoisotopic (exact) mass is 339 g/mol. The molecule has 1 aromatic heterocycles. The summed E-state index contributed by atoms with van der Waals surface area (Å²) in [6, 6.07) is 10.7. The van der Waals surface area contributed by atoms with Crippen molar-refractivity contribution in [2.75, 3.05) is 13.7 Å². The van der Waals surface area contributed by atoms with Gasteiger partial charge in [0.15, 0.2) is 0 Å². The summed E-state index contributed by atoms with van der Waals surface area (Å²) in [5, 5.41) is 5.79. The molecule has 0 spiro atoms. The summed E-state index contributed by atoms with van der Waals surface area (Å²) in [7, 11) is 1.69. The Labute approximate surface area is 126 Å². The highest BCUT2D eigenvalue weighted by molar-refractivity contribution is 9.11. The number of benzene rings is 1. The Kier molecular flexibility index (Phi) is 5.43. The molecule has 0 aliphatic carbocycles. The minimum atomic E-state index is 0.244. The standard InChI is InChI=1S/C15H18BrNOS/c1-3-8-17-15(12-9-14(16)19-10-12)11-4-6-13(18-2)7-5-11/h4-7,9-10,15,17H,3,8H2,1-2H3. The van der Waals surface area contributed by atoms with Crippen LogP contribution >= 0.6 is 27.3 Å². The zero-order valence-electron chi connectivity index (χ0n) is 11.2. The SMILES string of the molecule is CCCNC(c1ccc(OC)cc1)c1csc(Br)c1. The summed E-state index contributed by atoms with van der Waals surface area (Å²) in [5.41, 5.74) is 2.56. The van der Waals surface area contributed by atoms with Crippen LogP contribution in [0.15, 0.2) is 39.5 Å². The highest BCUT2D eigenvalue weighted by Gasteiger charge is 2.14. The number of rotatable bonds is 6. The second-order valence-electron chi connectivity index (χ2n) is 4.34. The number of hydrogen-bond acceptors (Lipinski definition) is 3. The zero-order valence-corrected chi connectivity index (χ0v) is 13.6. The molecule has 2 rings (SSSR count). The topological polar surface area (TPSA) is 21.3 Å². The molecule has 0 amide bonds. The molecule has 19 heavy (non-hydrogen) atoms. The van der Waals surface area contributed by atoms with Crippen LogP contribution in [0.4, 0.5) is 0 Å². The normalized spacial score (nSPS) is 12.4. The zero-order chi connectivity index (χ0) is 13.7. The van der Waals surface area contributed by atoms with Crippen LogP contribution in [0.2, 0.25) is 0 Å². The number of nitrogens with one attached hydrogen (secondary N) is 1. The summed E-state index contributed by atoms with van der Waals surface area (Å²) in [5.74, 6) is 0.893. The van der Waals surface area contributed by atoms with Crippen molar-refractivity contribution in [3.8, 4) is 5.75 Å². The van der Waals surface area contributed by atoms with Crippen LogP contribution in [-0.2, 0) is 0 Å². The summed E-state index contributed by atoms with van der Waals surface area (Å²) < 4.78 is 6.38. The van der Waals surface area contributed by atoms with Gasteiger partial charge in [-0.25, -0.2) is 0 Å². The number of hydrogen-bond donors (Lipinski definition) is 1. The van der Waals surface area contributed by atoms with Gasteiger partial charge in [0.25, 0.3) is 0 Å². The molecule has 0 saturated carbocycles. The van der Waals surface area contributed by atoms with Gasteiger partial charge >= 0.3 is 0 Å². The first-order valence-electron chi connectivity index (χ1n) is 6.36. The number of ether oxygens (including phenoxy) is 1. The lowest BCUT2D eigenvalue weighted by atomic mass is 10.0. The fourth-order valence-electron chi connectivity index (χ4n) is 1.99. The fraction of sp³-hybridized carbons (Fsp3) is 0.333. The third-order valence-electron chi connectivity index (χ3n) is 2.97. The lowest BCUT2D eigenvalue weighted by Gasteiger charge is -2.18. The number of thiophene rings is 1. The highest BCUT2D eigenvalue weighted by Crippen LogP contribution is 2.30. The number of halogens is 1. The molecular formula is C15H18BrNOS. The third-order valence-corrected chi connectivity index (χ3v) is 4.49. The van der Waals surface area contributed by atoms with Crippen molar-refractivity contribution >= 4 is 27.3 Å². The lowest BCUT2D eigenvalue weighted by molar-refractivity contribution is 0.414. The van der Waals surface area contributed by atoms with E-state index in [2.05, 4.69) is 51.7 Å². The average molecular weight is 340 g/mol.